The molecular weight excluding hydrogens is 354 g/mol. The maximum absolute atomic E-state index is 12.9. The molecule has 1 amide bonds. The molecule has 0 aliphatic heterocycles. The van der Waals surface area contributed by atoms with E-state index in [0.717, 1.165) is 53.7 Å². The highest BCUT2D eigenvalue weighted by atomic mass is 16.2. The quantitative estimate of drug-likeness (QED) is 0.643. The zero-order chi connectivity index (χ0) is 19.8. The second-order valence-electron chi connectivity index (χ2n) is 8.04. The minimum atomic E-state index is -0.120. The number of aromatic amines is 1. The van der Waals surface area contributed by atoms with E-state index in [1.807, 2.05) is 19.2 Å². The number of carbonyl (C=O) groups is 1. The summed E-state index contributed by atoms with van der Waals surface area (Å²) in [5.41, 5.74) is 11.0. The first-order chi connectivity index (χ1) is 13.4. The van der Waals surface area contributed by atoms with E-state index >= 15 is 0 Å². The number of H-pyrrole nitrogens is 1. The Morgan fingerprint density at radius 1 is 1.32 bits per heavy atom. The largest absolute Gasteiger partial charge is 0.348 e. The Morgan fingerprint density at radius 3 is 2.79 bits per heavy atom. The van der Waals surface area contributed by atoms with Crippen LogP contribution in [0.15, 0.2) is 18.6 Å². The van der Waals surface area contributed by atoms with E-state index < -0.39 is 0 Å². The van der Waals surface area contributed by atoms with Gasteiger partial charge in [-0.15, -0.1) is 0 Å². The number of amides is 1. The van der Waals surface area contributed by atoms with Gasteiger partial charge in [0.25, 0.3) is 5.91 Å². The number of hydrogen-bond donors (Lipinski definition) is 3. The molecule has 0 unspecified atom stereocenters. The van der Waals surface area contributed by atoms with Crippen molar-refractivity contribution < 1.29 is 4.79 Å². The smallest absolute Gasteiger partial charge is 0.272 e. The molecule has 148 valence electrons. The van der Waals surface area contributed by atoms with Crippen molar-refractivity contribution in [1.29, 1.82) is 0 Å². The van der Waals surface area contributed by atoms with Gasteiger partial charge >= 0.3 is 0 Å². The Labute approximate surface area is 163 Å². The average Bonchev–Trinajstić information content (AvgIpc) is 3.30. The number of rotatable bonds is 4. The molecule has 0 aromatic carbocycles. The Bertz CT molecular complexity index is 995. The number of nitrogens with zero attached hydrogens (tertiary/aromatic N) is 4. The van der Waals surface area contributed by atoms with Gasteiger partial charge < -0.3 is 11.1 Å². The molecule has 8 nitrogen and oxygen atoms in total. The normalized spacial score (nSPS) is 20.0. The van der Waals surface area contributed by atoms with E-state index in [1.54, 1.807) is 4.52 Å². The molecule has 0 radical (unpaired) electrons. The van der Waals surface area contributed by atoms with Crippen molar-refractivity contribution in [2.24, 2.45) is 5.73 Å². The molecule has 3 aromatic rings. The van der Waals surface area contributed by atoms with Crippen molar-refractivity contribution >= 4 is 11.6 Å². The summed E-state index contributed by atoms with van der Waals surface area (Å²) in [5.74, 6) is 0.0197. The van der Waals surface area contributed by atoms with E-state index in [4.69, 9.17) is 5.73 Å². The molecule has 8 heteroatoms. The van der Waals surface area contributed by atoms with Crippen molar-refractivity contribution in [3.63, 3.8) is 0 Å². The van der Waals surface area contributed by atoms with Gasteiger partial charge in [-0.05, 0) is 50.2 Å². The summed E-state index contributed by atoms with van der Waals surface area (Å²) < 4.78 is 1.75. The monoisotopic (exact) mass is 381 g/mol. The Morgan fingerprint density at radius 2 is 2.07 bits per heavy atom. The molecule has 28 heavy (non-hydrogen) atoms. The summed E-state index contributed by atoms with van der Waals surface area (Å²) in [7, 11) is 0. The number of carbonyl (C=O) groups excluding carboxylic acids is 1. The van der Waals surface area contributed by atoms with Crippen molar-refractivity contribution in [1.82, 2.24) is 30.1 Å². The van der Waals surface area contributed by atoms with Crippen LogP contribution < -0.4 is 11.1 Å². The van der Waals surface area contributed by atoms with Crippen molar-refractivity contribution in [3.05, 3.63) is 35.4 Å². The highest BCUT2D eigenvalue weighted by molar-refractivity contribution is 5.96. The molecule has 4 N–H and O–H groups in total. The van der Waals surface area contributed by atoms with Crippen molar-refractivity contribution in [3.8, 4) is 11.3 Å². The molecule has 1 aliphatic carbocycles. The minimum Gasteiger partial charge on any atom is -0.348 e. The molecule has 3 aromatic heterocycles. The van der Waals surface area contributed by atoms with Crippen LogP contribution in [0.2, 0.25) is 0 Å². The van der Waals surface area contributed by atoms with Gasteiger partial charge in [0, 0.05) is 29.4 Å². The van der Waals surface area contributed by atoms with Gasteiger partial charge in [0.2, 0.25) is 0 Å². The van der Waals surface area contributed by atoms with Crippen LogP contribution in [-0.2, 0) is 0 Å². The summed E-state index contributed by atoms with van der Waals surface area (Å²) in [4.78, 5) is 17.2. The van der Waals surface area contributed by atoms with E-state index in [-0.39, 0.29) is 23.9 Å². The standard InChI is InChI=1S/C20H27N7O/c1-11(2)16-17(13-8-12(3)19-22-10-23-27(19)9-13)25-26-18(16)20(28)24-15-6-4-14(21)5-7-15/h8-11,14-15H,4-7,21H2,1-3H3,(H,24,28)(H,25,26)/t14-,15-. The van der Waals surface area contributed by atoms with Crippen LogP contribution in [0, 0.1) is 6.92 Å². The zero-order valence-corrected chi connectivity index (χ0v) is 16.6. The maximum Gasteiger partial charge on any atom is 0.272 e. The lowest BCUT2D eigenvalue weighted by Gasteiger charge is -2.26. The van der Waals surface area contributed by atoms with Gasteiger partial charge in [-0.1, -0.05) is 13.8 Å². The highest BCUT2D eigenvalue weighted by Crippen LogP contribution is 2.31. The number of pyridine rings is 1. The summed E-state index contributed by atoms with van der Waals surface area (Å²) in [6, 6.07) is 2.47. The van der Waals surface area contributed by atoms with E-state index in [2.05, 4.69) is 39.4 Å². The first-order valence-electron chi connectivity index (χ1n) is 9.89. The number of nitrogens with one attached hydrogen (secondary N) is 2. The number of fused-ring (bicyclic) bond motifs is 1. The number of aromatic nitrogens is 5. The predicted octanol–water partition coefficient (Wildman–Crippen LogP) is 2.55. The minimum absolute atomic E-state index is 0.120. The third kappa shape index (κ3) is 3.40. The summed E-state index contributed by atoms with van der Waals surface area (Å²) in [6.45, 7) is 6.15. The lowest BCUT2D eigenvalue weighted by Crippen LogP contribution is -2.40. The van der Waals surface area contributed by atoms with Crippen LogP contribution in [0.5, 0.6) is 0 Å². The molecule has 4 rings (SSSR count). The van der Waals surface area contributed by atoms with Crippen LogP contribution in [0.3, 0.4) is 0 Å². The van der Waals surface area contributed by atoms with Gasteiger partial charge in [-0.25, -0.2) is 9.50 Å². The van der Waals surface area contributed by atoms with E-state index in [0.29, 0.717) is 5.69 Å². The molecule has 0 bridgehead atoms. The molecule has 1 aliphatic rings. The van der Waals surface area contributed by atoms with Crippen LogP contribution in [0.4, 0.5) is 0 Å². The Hall–Kier alpha value is -2.74. The fourth-order valence-electron chi connectivity index (χ4n) is 4.05. The SMILES string of the molecule is Cc1cc(-c2[nH]nc(C(=O)N[C@H]3CC[C@H](N)CC3)c2C(C)C)cn2ncnc12. The highest BCUT2D eigenvalue weighted by Gasteiger charge is 2.26. The average molecular weight is 381 g/mol. The Kier molecular flexibility index (Phi) is 4.89. The molecule has 3 heterocycles. The van der Waals surface area contributed by atoms with Crippen LogP contribution in [-0.4, -0.2) is 42.8 Å². The van der Waals surface area contributed by atoms with Gasteiger partial charge in [-0.2, -0.15) is 10.2 Å². The molecular formula is C20H27N7O. The van der Waals surface area contributed by atoms with Gasteiger partial charge in [0.1, 0.15) is 6.33 Å². The fourth-order valence-corrected chi connectivity index (χ4v) is 4.05. The first kappa shape index (κ1) is 18.6. The summed E-state index contributed by atoms with van der Waals surface area (Å²) in [5, 5.41) is 14.9. The van der Waals surface area contributed by atoms with E-state index in [9.17, 15) is 4.79 Å². The van der Waals surface area contributed by atoms with E-state index in [1.165, 1.54) is 6.33 Å². The Balaban J connectivity index is 1.66. The van der Waals surface area contributed by atoms with Crippen molar-refractivity contribution in [2.75, 3.05) is 0 Å². The van der Waals surface area contributed by atoms with Gasteiger partial charge in [0.05, 0.1) is 5.69 Å². The van der Waals surface area contributed by atoms with Crippen LogP contribution in [0.25, 0.3) is 16.9 Å². The second-order valence-corrected chi connectivity index (χ2v) is 8.04. The van der Waals surface area contributed by atoms with Crippen molar-refractivity contribution in [2.45, 2.75) is 64.5 Å². The molecule has 1 saturated carbocycles. The first-order valence-corrected chi connectivity index (χ1v) is 9.89. The maximum atomic E-state index is 12.9. The zero-order valence-electron chi connectivity index (χ0n) is 16.6. The third-order valence-corrected chi connectivity index (χ3v) is 5.55. The number of hydrogen-bond acceptors (Lipinski definition) is 5. The topological polar surface area (TPSA) is 114 Å². The lowest BCUT2D eigenvalue weighted by molar-refractivity contribution is 0.0919. The van der Waals surface area contributed by atoms with Crippen LogP contribution in [0.1, 0.15) is 67.1 Å². The molecule has 1 fully saturated rings. The fraction of sp³-hybridized carbons (Fsp3) is 0.500. The van der Waals surface area contributed by atoms with Gasteiger partial charge in [0.15, 0.2) is 11.3 Å². The summed E-state index contributed by atoms with van der Waals surface area (Å²) in [6.07, 6.45) is 7.19. The molecule has 0 atom stereocenters. The molecule has 0 spiro atoms. The van der Waals surface area contributed by atoms with Crippen LogP contribution >= 0.6 is 0 Å². The lowest BCUT2D eigenvalue weighted by atomic mass is 9.91. The third-order valence-electron chi connectivity index (χ3n) is 5.55. The second kappa shape index (κ2) is 7.35. The summed E-state index contributed by atoms with van der Waals surface area (Å²) >= 11 is 0. The number of nitrogens with two attached hydrogens (primary N) is 1. The predicted molar refractivity (Wildman–Crippen MR) is 107 cm³/mol. The molecule has 0 saturated heterocycles. The number of aryl methyl sites for hydroxylation is 1. The van der Waals surface area contributed by atoms with Gasteiger partial charge in [-0.3, -0.25) is 9.89 Å².